The lowest BCUT2D eigenvalue weighted by molar-refractivity contribution is 0.603. The molecule has 1 fully saturated rings. The molecule has 0 radical (unpaired) electrons. The molecule has 1 saturated heterocycles. The highest BCUT2D eigenvalue weighted by Crippen LogP contribution is 2.22. The summed E-state index contributed by atoms with van der Waals surface area (Å²) < 4.78 is 13.7. The standard InChI is InChI=1S/C12H17FN2/c1-9-3-4-12(11(13)7-9)15(2)10-5-6-14-8-10/h3-4,7,10,14H,5-6,8H2,1-2H3. The molecule has 0 amide bonds. The van der Waals surface area contributed by atoms with Gasteiger partial charge >= 0.3 is 0 Å². The SMILES string of the molecule is Cc1ccc(N(C)C2CCNC2)c(F)c1. The van der Waals surface area contributed by atoms with Gasteiger partial charge < -0.3 is 10.2 Å². The van der Waals surface area contributed by atoms with Crippen LogP contribution in [0.3, 0.4) is 0 Å². The van der Waals surface area contributed by atoms with E-state index in [1.54, 1.807) is 6.07 Å². The maximum atomic E-state index is 13.7. The van der Waals surface area contributed by atoms with E-state index in [1.165, 1.54) is 0 Å². The minimum atomic E-state index is -0.121. The van der Waals surface area contributed by atoms with Crippen LogP contribution < -0.4 is 10.2 Å². The van der Waals surface area contributed by atoms with E-state index in [2.05, 4.69) is 5.32 Å². The number of nitrogens with one attached hydrogen (secondary N) is 1. The molecule has 1 atom stereocenters. The molecular weight excluding hydrogens is 191 g/mol. The van der Waals surface area contributed by atoms with E-state index in [9.17, 15) is 4.39 Å². The van der Waals surface area contributed by atoms with Gasteiger partial charge in [-0.3, -0.25) is 0 Å². The van der Waals surface area contributed by atoms with Crippen LogP contribution in [0.2, 0.25) is 0 Å². The second kappa shape index (κ2) is 4.19. The van der Waals surface area contributed by atoms with Crippen molar-refractivity contribution in [1.29, 1.82) is 0 Å². The van der Waals surface area contributed by atoms with Crippen molar-refractivity contribution in [3.8, 4) is 0 Å². The lowest BCUT2D eigenvalue weighted by atomic mass is 10.1. The third-order valence-electron chi connectivity index (χ3n) is 3.07. The van der Waals surface area contributed by atoms with Crippen molar-refractivity contribution in [1.82, 2.24) is 5.32 Å². The molecule has 0 aromatic heterocycles. The molecule has 1 aromatic carbocycles. The van der Waals surface area contributed by atoms with Crippen molar-refractivity contribution >= 4 is 5.69 Å². The van der Waals surface area contributed by atoms with Crippen LogP contribution in [0.15, 0.2) is 18.2 Å². The van der Waals surface area contributed by atoms with E-state index >= 15 is 0 Å². The Morgan fingerprint density at radius 2 is 2.27 bits per heavy atom. The van der Waals surface area contributed by atoms with E-state index in [1.807, 2.05) is 31.0 Å². The number of nitrogens with zero attached hydrogens (tertiary/aromatic N) is 1. The highest BCUT2D eigenvalue weighted by atomic mass is 19.1. The lowest BCUT2D eigenvalue weighted by Gasteiger charge is -2.26. The first-order valence-electron chi connectivity index (χ1n) is 5.38. The summed E-state index contributed by atoms with van der Waals surface area (Å²) in [7, 11) is 1.96. The molecule has 1 aromatic rings. The Morgan fingerprint density at radius 3 is 2.87 bits per heavy atom. The Balaban J connectivity index is 2.20. The molecule has 0 aliphatic carbocycles. The molecule has 3 heteroatoms. The fourth-order valence-corrected chi connectivity index (χ4v) is 2.06. The molecule has 0 bridgehead atoms. The first kappa shape index (κ1) is 10.4. The second-order valence-electron chi connectivity index (χ2n) is 4.21. The molecule has 2 rings (SSSR count). The van der Waals surface area contributed by atoms with Gasteiger partial charge in [-0.25, -0.2) is 4.39 Å². The van der Waals surface area contributed by atoms with Crippen LogP contribution >= 0.6 is 0 Å². The number of hydrogen-bond donors (Lipinski definition) is 1. The smallest absolute Gasteiger partial charge is 0.146 e. The minimum Gasteiger partial charge on any atom is -0.368 e. The summed E-state index contributed by atoms with van der Waals surface area (Å²) in [5, 5.41) is 3.29. The monoisotopic (exact) mass is 208 g/mol. The maximum absolute atomic E-state index is 13.7. The normalized spacial score (nSPS) is 20.6. The van der Waals surface area contributed by atoms with Gasteiger partial charge in [0.1, 0.15) is 5.82 Å². The third-order valence-corrected chi connectivity index (χ3v) is 3.07. The van der Waals surface area contributed by atoms with E-state index < -0.39 is 0 Å². The Hall–Kier alpha value is -1.09. The number of hydrogen-bond acceptors (Lipinski definition) is 2. The van der Waals surface area contributed by atoms with Crippen molar-refractivity contribution < 1.29 is 4.39 Å². The van der Waals surface area contributed by atoms with Crippen molar-refractivity contribution in [2.75, 3.05) is 25.0 Å². The predicted octanol–water partition coefficient (Wildman–Crippen LogP) is 1.93. The topological polar surface area (TPSA) is 15.3 Å². The zero-order valence-electron chi connectivity index (χ0n) is 9.26. The van der Waals surface area contributed by atoms with Crippen LogP contribution in [0.25, 0.3) is 0 Å². The van der Waals surface area contributed by atoms with Crippen LogP contribution in [0.4, 0.5) is 10.1 Å². The van der Waals surface area contributed by atoms with Crippen LogP contribution in [-0.4, -0.2) is 26.2 Å². The molecule has 1 N–H and O–H groups in total. The first-order valence-corrected chi connectivity index (χ1v) is 5.38. The van der Waals surface area contributed by atoms with Gasteiger partial charge in [0.2, 0.25) is 0 Å². The average Bonchev–Trinajstić information content (AvgIpc) is 2.69. The van der Waals surface area contributed by atoms with Gasteiger partial charge in [0.25, 0.3) is 0 Å². The van der Waals surface area contributed by atoms with Gasteiger partial charge in [0, 0.05) is 19.6 Å². The molecule has 1 heterocycles. The van der Waals surface area contributed by atoms with E-state index in [0.29, 0.717) is 11.7 Å². The van der Waals surface area contributed by atoms with E-state index in [0.717, 1.165) is 25.1 Å². The number of anilines is 1. The van der Waals surface area contributed by atoms with Gasteiger partial charge in [-0.15, -0.1) is 0 Å². The van der Waals surface area contributed by atoms with Crippen LogP contribution in [0.5, 0.6) is 0 Å². The average molecular weight is 208 g/mol. The zero-order valence-corrected chi connectivity index (χ0v) is 9.26. The van der Waals surface area contributed by atoms with Crippen molar-refractivity contribution in [2.24, 2.45) is 0 Å². The number of likely N-dealkylation sites (N-methyl/N-ethyl adjacent to an activating group) is 1. The number of aryl methyl sites for hydroxylation is 1. The van der Waals surface area contributed by atoms with Gasteiger partial charge in [-0.05, 0) is 37.6 Å². The van der Waals surface area contributed by atoms with Crippen LogP contribution in [-0.2, 0) is 0 Å². The summed E-state index contributed by atoms with van der Waals surface area (Å²) in [4.78, 5) is 2.04. The van der Waals surface area contributed by atoms with Crippen molar-refractivity contribution in [2.45, 2.75) is 19.4 Å². The summed E-state index contributed by atoms with van der Waals surface area (Å²) in [6.07, 6.45) is 1.09. The summed E-state index contributed by atoms with van der Waals surface area (Å²) in [5.74, 6) is -0.121. The maximum Gasteiger partial charge on any atom is 0.146 e. The Kier molecular flexibility index (Phi) is 2.91. The fourth-order valence-electron chi connectivity index (χ4n) is 2.06. The quantitative estimate of drug-likeness (QED) is 0.799. The van der Waals surface area contributed by atoms with Crippen LogP contribution in [0.1, 0.15) is 12.0 Å². The summed E-state index contributed by atoms with van der Waals surface area (Å²) in [6.45, 7) is 3.89. The minimum absolute atomic E-state index is 0.121. The third kappa shape index (κ3) is 2.12. The molecule has 2 nitrogen and oxygen atoms in total. The highest BCUT2D eigenvalue weighted by molar-refractivity contribution is 5.49. The fraction of sp³-hybridized carbons (Fsp3) is 0.500. The largest absolute Gasteiger partial charge is 0.368 e. The summed E-state index contributed by atoms with van der Waals surface area (Å²) >= 11 is 0. The predicted molar refractivity (Wildman–Crippen MR) is 60.8 cm³/mol. The molecule has 0 saturated carbocycles. The number of benzene rings is 1. The molecule has 1 aliphatic rings. The summed E-state index contributed by atoms with van der Waals surface area (Å²) in [6, 6.07) is 5.83. The van der Waals surface area contributed by atoms with Gasteiger partial charge in [0.05, 0.1) is 5.69 Å². The first-order chi connectivity index (χ1) is 7.18. The molecule has 1 unspecified atom stereocenters. The molecule has 15 heavy (non-hydrogen) atoms. The van der Waals surface area contributed by atoms with E-state index in [4.69, 9.17) is 0 Å². The van der Waals surface area contributed by atoms with Crippen molar-refractivity contribution in [3.63, 3.8) is 0 Å². The van der Waals surface area contributed by atoms with Gasteiger partial charge in [-0.2, -0.15) is 0 Å². The van der Waals surface area contributed by atoms with Crippen molar-refractivity contribution in [3.05, 3.63) is 29.6 Å². The molecule has 82 valence electrons. The van der Waals surface area contributed by atoms with Crippen LogP contribution in [0, 0.1) is 12.7 Å². The molecular formula is C12H17FN2. The highest BCUT2D eigenvalue weighted by Gasteiger charge is 2.21. The Labute approximate surface area is 90.1 Å². The van der Waals surface area contributed by atoms with E-state index in [-0.39, 0.29) is 5.82 Å². The number of rotatable bonds is 2. The Bertz CT molecular complexity index is 345. The van der Waals surface area contributed by atoms with Gasteiger partial charge in [-0.1, -0.05) is 6.07 Å². The molecule has 0 spiro atoms. The number of halogens is 1. The second-order valence-corrected chi connectivity index (χ2v) is 4.21. The zero-order chi connectivity index (χ0) is 10.8. The summed E-state index contributed by atoms with van der Waals surface area (Å²) in [5.41, 5.74) is 1.67. The molecule has 1 aliphatic heterocycles. The Morgan fingerprint density at radius 1 is 1.47 bits per heavy atom. The van der Waals surface area contributed by atoms with Gasteiger partial charge in [0.15, 0.2) is 0 Å². The lowest BCUT2D eigenvalue weighted by Crippen LogP contribution is -2.33.